The number of anilines is 1. The van der Waals surface area contributed by atoms with E-state index in [2.05, 4.69) is 0 Å². The molecule has 0 aromatic heterocycles. The molecule has 2 amide bonds. The molecule has 1 saturated carbocycles. The number of imide groups is 1. The number of fused-ring (bicyclic) bond motifs is 1. The van der Waals surface area contributed by atoms with Crippen LogP contribution in [0, 0.1) is 11.8 Å². The van der Waals surface area contributed by atoms with E-state index < -0.39 is 5.97 Å². The molecule has 2 atom stereocenters. The summed E-state index contributed by atoms with van der Waals surface area (Å²) >= 11 is 0. The lowest BCUT2D eigenvalue weighted by Gasteiger charge is -2.19. The molecule has 0 spiro atoms. The number of nitrogens with zero attached hydrogens (tertiary/aromatic N) is 1. The third-order valence-corrected chi connectivity index (χ3v) is 4.21. The van der Waals surface area contributed by atoms with E-state index in [0.717, 1.165) is 25.7 Å². The summed E-state index contributed by atoms with van der Waals surface area (Å²) in [6, 6.07) is 5.88. The van der Waals surface area contributed by atoms with Crippen molar-refractivity contribution < 1.29 is 19.5 Å². The smallest absolute Gasteiger partial charge is 0.335 e. The van der Waals surface area contributed by atoms with E-state index in [1.165, 1.54) is 29.2 Å². The van der Waals surface area contributed by atoms with Gasteiger partial charge in [0.15, 0.2) is 0 Å². The van der Waals surface area contributed by atoms with Crippen LogP contribution in [0.5, 0.6) is 0 Å². The normalized spacial score (nSPS) is 25.7. The van der Waals surface area contributed by atoms with Gasteiger partial charge in [0.25, 0.3) is 0 Å². The highest BCUT2D eigenvalue weighted by Crippen LogP contribution is 2.39. The Kier molecular flexibility index (Phi) is 3.04. The van der Waals surface area contributed by atoms with Crippen molar-refractivity contribution in [2.75, 3.05) is 4.90 Å². The Hall–Kier alpha value is -2.17. The third kappa shape index (κ3) is 1.90. The van der Waals surface area contributed by atoms with Crippen LogP contribution in [0.15, 0.2) is 24.3 Å². The summed E-state index contributed by atoms with van der Waals surface area (Å²) in [4.78, 5) is 36.8. The average molecular weight is 273 g/mol. The Morgan fingerprint density at radius 1 is 1.00 bits per heavy atom. The maximum absolute atomic E-state index is 12.4. The molecular weight excluding hydrogens is 258 g/mol. The van der Waals surface area contributed by atoms with Gasteiger partial charge in [-0.3, -0.25) is 14.5 Å². The first-order valence-electron chi connectivity index (χ1n) is 6.81. The van der Waals surface area contributed by atoms with Gasteiger partial charge in [-0.2, -0.15) is 0 Å². The fourth-order valence-corrected chi connectivity index (χ4v) is 3.17. The van der Waals surface area contributed by atoms with Crippen molar-refractivity contribution in [1.29, 1.82) is 0 Å². The fraction of sp³-hybridized carbons (Fsp3) is 0.400. The highest BCUT2D eigenvalue weighted by molar-refractivity contribution is 6.22. The van der Waals surface area contributed by atoms with Gasteiger partial charge in [-0.1, -0.05) is 12.8 Å². The van der Waals surface area contributed by atoms with Crippen LogP contribution >= 0.6 is 0 Å². The molecule has 1 saturated heterocycles. The zero-order valence-corrected chi connectivity index (χ0v) is 10.9. The number of benzene rings is 1. The molecule has 104 valence electrons. The molecule has 1 aliphatic heterocycles. The molecule has 2 aliphatic rings. The van der Waals surface area contributed by atoms with Gasteiger partial charge < -0.3 is 5.11 Å². The summed E-state index contributed by atoms with van der Waals surface area (Å²) in [6.45, 7) is 0. The summed E-state index contributed by atoms with van der Waals surface area (Å²) in [6.07, 6.45) is 3.54. The summed E-state index contributed by atoms with van der Waals surface area (Å²) in [7, 11) is 0. The molecule has 3 rings (SSSR count). The standard InChI is InChI=1S/C15H15NO4/c17-13-11-3-1-2-4-12(11)14(18)16(13)10-7-5-9(6-8-10)15(19)20/h5-8,11-12H,1-4H2,(H,19,20)/t11-,12+. The van der Waals surface area contributed by atoms with Gasteiger partial charge in [-0.25, -0.2) is 4.79 Å². The van der Waals surface area contributed by atoms with Crippen molar-refractivity contribution >= 4 is 23.5 Å². The lowest BCUT2D eigenvalue weighted by molar-refractivity contribution is -0.122. The summed E-state index contributed by atoms with van der Waals surface area (Å²) in [5.74, 6) is -1.67. The van der Waals surface area contributed by atoms with Gasteiger partial charge in [0.1, 0.15) is 0 Å². The van der Waals surface area contributed by atoms with E-state index in [4.69, 9.17) is 5.11 Å². The van der Waals surface area contributed by atoms with Crippen LogP contribution in [0.25, 0.3) is 0 Å². The third-order valence-electron chi connectivity index (χ3n) is 4.21. The monoisotopic (exact) mass is 273 g/mol. The van der Waals surface area contributed by atoms with Crippen LogP contribution in [-0.2, 0) is 9.59 Å². The zero-order chi connectivity index (χ0) is 14.3. The highest BCUT2D eigenvalue weighted by atomic mass is 16.4. The van der Waals surface area contributed by atoms with Gasteiger partial charge in [0.05, 0.1) is 23.1 Å². The van der Waals surface area contributed by atoms with E-state index in [1.807, 2.05) is 0 Å². The maximum Gasteiger partial charge on any atom is 0.335 e. The Bertz CT molecular complexity index is 554. The molecule has 1 aromatic carbocycles. The maximum atomic E-state index is 12.4. The molecule has 0 bridgehead atoms. The Morgan fingerprint density at radius 2 is 1.50 bits per heavy atom. The van der Waals surface area contributed by atoms with Gasteiger partial charge in [0.2, 0.25) is 11.8 Å². The quantitative estimate of drug-likeness (QED) is 0.837. The minimum Gasteiger partial charge on any atom is -0.478 e. The predicted molar refractivity (Wildman–Crippen MR) is 71.3 cm³/mol. The molecule has 1 aromatic rings. The largest absolute Gasteiger partial charge is 0.478 e. The SMILES string of the molecule is O=C(O)c1ccc(N2C(=O)[C@H]3CCCC[C@H]3C2=O)cc1. The molecule has 20 heavy (non-hydrogen) atoms. The van der Waals surface area contributed by atoms with Crippen LogP contribution in [0.3, 0.4) is 0 Å². The number of rotatable bonds is 2. The van der Waals surface area contributed by atoms with Crippen LogP contribution in [0.1, 0.15) is 36.0 Å². The second kappa shape index (κ2) is 4.74. The number of hydrogen-bond donors (Lipinski definition) is 1. The first kappa shape index (κ1) is 12.8. The summed E-state index contributed by atoms with van der Waals surface area (Å²) in [5.41, 5.74) is 0.615. The van der Waals surface area contributed by atoms with Crippen molar-refractivity contribution in [1.82, 2.24) is 0 Å². The van der Waals surface area contributed by atoms with E-state index in [1.54, 1.807) is 0 Å². The zero-order valence-electron chi connectivity index (χ0n) is 10.9. The van der Waals surface area contributed by atoms with Crippen molar-refractivity contribution in [3.05, 3.63) is 29.8 Å². The molecule has 0 unspecified atom stereocenters. The molecular formula is C15H15NO4. The number of carbonyl (C=O) groups excluding carboxylic acids is 2. The number of aromatic carboxylic acids is 1. The first-order chi connectivity index (χ1) is 9.59. The van der Waals surface area contributed by atoms with E-state index in [9.17, 15) is 14.4 Å². The molecule has 5 heteroatoms. The Morgan fingerprint density at radius 3 is 1.95 bits per heavy atom. The first-order valence-corrected chi connectivity index (χ1v) is 6.81. The number of hydrogen-bond acceptors (Lipinski definition) is 3. The van der Waals surface area contributed by atoms with Gasteiger partial charge >= 0.3 is 5.97 Å². The molecule has 1 aliphatic carbocycles. The second-order valence-corrected chi connectivity index (χ2v) is 5.36. The number of carboxylic acids is 1. The minimum absolute atomic E-state index is 0.136. The Balaban J connectivity index is 1.91. The number of amides is 2. The van der Waals surface area contributed by atoms with Crippen LogP contribution in [0.2, 0.25) is 0 Å². The second-order valence-electron chi connectivity index (χ2n) is 5.36. The molecule has 5 nitrogen and oxygen atoms in total. The van der Waals surface area contributed by atoms with Gasteiger partial charge in [-0.05, 0) is 37.1 Å². The lowest BCUT2D eigenvalue weighted by Crippen LogP contribution is -2.30. The van der Waals surface area contributed by atoms with Crippen molar-refractivity contribution in [3.8, 4) is 0 Å². The van der Waals surface area contributed by atoms with Crippen molar-refractivity contribution in [2.45, 2.75) is 25.7 Å². The van der Waals surface area contributed by atoms with E-state index >= 15 is 0 Å². The van der Waals surface area contributed by atoms with E-state index in [0.29, 0.717) is 5.69 Å². The molecule has 1 heterocycles. The predicted octanol–water partition coefficient (Wildman–Crippen LogP) is 2.06. The van der Waals surface area contributed by atoms with Crippen LogP contribution < -0.4 is 4.90 Å². The van der Waals surface area contributed by atoms with Crippen LogP contribution in [0.4, 0.5) is 5.69 Å². The fourth-order valence-electron chi connectivity index (χ4n) is 3.17. The van der Waals surface area contributed by atoms with Crippen LogP contribution in [-0.4, -0.2) is 22.9 Å². The Labute approximate surface area is 116 Å². The molecule has 2 fully saturated rings. The van der Waals surface area contributed by atoms with Crippen molar-refractivity contribution in [2.24, 2.45) is 11.8 Å². The van der Waals surface area contributed by atoms with Gasteiger partial charge in [0, 0.05) is 0 Å². The highest BCUT2D eigenvalue weighted by Gasteiger charge is 2.48. The minimum atomic E-state index is -1.02. The van der Waals surface area contributed by atoms with Crippen molar-refractivity contribution in [3.63, 3.8) is 0 Å². The topological polar surface area (TPSA) is 74.7 Å². The number of carbonyl (C=O) groups is 3. The molecule has 1 N–H and O–H groups in total. The van der Waals surface area contributed by atoms with Gasteiger partial charge in [-0.15, -0.1) is 0 Å². The van der Waals surface area contributed by atoms with E-state index in [-0.39, 0.29) is 29.2 Å². The molecule has 0 radical (unpaired) electrons. The summed E-state index contributed by atoms with van der Waals surface area (Å²) < 4.78 is 0. The average Bonchev–Trinajstić information content (AvgIpc) is 2.72. The lowest BCUT2D eigenvalue weighted by atomic mass is 9.81. The number of carboxylic acid groups (broad SMARTS) is 1. The summed E-state index contributed by atoms with van der Waals surface area (Å²) in [5, 5.41) is 8.87.